The third-order valence-electron chi connectivity index (χ3n) is 12.6. The maximum atomic E-state index is 14.2. The van der Waals surface area contributed by atoms with Crippen molar-refractivity contribution in [2.45, 2.75) is 89.8 Å². The number of likely N-dealkylation sites (N-methyl/N-ethyl adjacent to an activating group) is 1. The van der Waals surface area contributed by atoms with Gasteiger partial charge in [-0.05, 0) is 110 Å². The molecule has 6 atom stereocenters. The predicted molar refractivity (Wildman–Crippen MR) is 237 cm³/mol. The van der Waals surface area contributed by atoms with Crippen LogP contribution in [0.3, 0.4) is 0 Å². The molecule has 0 bridgehead atoms. The average Bonchev–Trinajstić information content (AvgIpc) is 3.28. The molecule has 1 saturated carbocycles. The van der Waals surface area contributed by atoms with E-state index in [1.807, 2.05) is 84.9 Å². The summed E-state index contributed by atoms with van der Waals surface area (Å²) in [6, 6.07) is 30.9. The number of aliphatic hydroxyl groups excluding tert-OH is 2. The van der Waals surface area contributed by atoms with Gasteiger partial charge in [-0.3, -0.25) is 0 Å². The molecule has 3 aliphatic rings. The predicted octanol–water partition coefficient (Wildman–Crippen LogP) is 10.2. The van der Waals surface area contributed by atoms with Gasteiger partial charge in [-0.15, -0.1) is 6.58 Å². The zero-order chi connectivity index (χ0) is 42.8. The van der Waals surface area contributed by atoms with Gasteiger partial charge in [0.15, 0.2) is 0 Å². The van der Waals surface area contributed by atoms with Crippen LogP contribution in [-0.2, 0) is 27.5 Å². The fraction of sp³-hybridized carbons (Fsp3) is 0.412. The highest BCUT2D eigenvalue weighted by Gasteiger charge is 2.65. The zero-order valence-corrected chi connectivity index (χ0v) is 35.7. The van der Waals surface area contributed by atoms with Crippen LogP contribution in [0.25, 0.3) is 0 Å². The van der Waals surface area contributed by atoms with E-state index in [2.05, 4.69) is 38.6 Å². The standard InChI is InChI=1S/C51H60N2O8/c1-5-28-58-51-47(53(4)50(56)57-33-37-16-8-6-9-17-37)32-45(52-59-34-38-18-10-7-11-19-38)43-30-39(20-12-14-26-54)42(21-13-15-27-55)48(49(43)51)44-31-41(24-25-46(44)61-51)60-40-23-22-35(2)36(3)29-40/h5-11,16-19,22-25,29-31,39,42,47-49,54-55H,1,12-15,20-21,26-28,32-34H2,2-4H3. The number of allylic oxidation sites excluding steroid dienone is 1. The fourth-order valence-electron chi connectivity index (χ4n) is 9.41. The van der Waals surface area contributed by atoms with E-state index in [0.29, 0.717) is 30.1 Å². The monoisotopic (exact) mass is 828 g/mol. The number of unbranched alkanes of at least 4 members (excludes halogenated alkanes) is 2. The molecule has 1 aliphatic heterocycles. The molecule has 1 amide bonds. The smallest absolute Gasteiger partial charge is 0.410 e. The lowest BCUT2D eigenvalue weighted by molar-refractivity contribution is -0.253. The van der Waals surface area contributed by atoms with Crippen LogP contribution < -0.4 is 9.47 Å². The number of nitrogens with zero attached hydrogens (tertiary/aromatic N) is 2. The third kappa shape index (κ3) is 9.88. The first-order valence-electron chi connectivity index (χ1n) is 21.7. The summed E-state index contributed by atoms with van der Waals surface area (Å²) >= 11 is 0. The van der Waals surface area contributed by atoms with Gasteiger partial charge in [0.25, 0.3) is 0 Å². The SMILES string of the molecule is C=CCOC12Oc3ccc(Oc4ccc(C)c(C)c4)cc3C3C(CCCCO)C(CCCCO)C=C(C(=NOCc4ccccc4)CC1N(C)C(=O)OCc1ccccc1)C32. The Morgan fingerprint density at radius 3 is 2.23 bits per heavy atom. The topological polar surface area (TPSA) is 119 Å². The van der Waals surface area contributed by atoms with Gasteiger partial charge in [0.2, 0.25) is 5.79 Å². The van der Waals surface area contributed by atoms with Crippen LogP contribution in [0.1, 0.15) is 78.7 Å². The highest BCUT2D eigenvalue weighted by molar-refractivity contribution is 6.03. The second kappa shape index (κ2) is 20.4. The van der Waals surface area contributed by atoms with Crippen molar-refractivity contribution in [3.8, 4) is 17.2 Å². The lowest BCUT2D eigenvalue weighted by Gasteiger charge is -2.59. The molecular weight excluding hydrogens is 769 g/mol. The molecule has 4 aromatic rings. The van der Waals surface area contributed by atoms with Gasteiger partial charge in [0.05, 0.1) is 18.2 Å². The summed E-state index contributed by atoms with van der Waals surface area (Å²) in [7, 11) is 1.74. The maximum absolute atomic E-state index is 14.2. The van der Waals surface area contributed by atoms with Gasteiger partial charge >= 0.3 is 6.09 Å². The quantitative estimate of drug-likeness (QED) is 0.0545. The minimum absolute atomic E-state index is 0.0748. The van der Waals surface area contributed by atoms with Crippen molar-refractivity contribution in [1.29, 1.82) is 0 Å². The first kappa shape index (κ1) is 43.7. The molecule has 1 fully saturated rings. The molecule has 10 heteroatoms. The molecule has 322 valence electrons. The molecule has 2 aliphatic carbocycles. The lowest BCUT2D eigenvalue weighted by atomic mass is 9.55. The van der Waals surface area contributed by atoms with E-state index in [-0.39, 0.29) is 57.2 Å². The number of aliphatic hydroxyl groups is 2. The van der Waals surface area contributed by atoms with E-state index in [1.54, 1.807) is 18.0 Å². The number of benzene rings is 4. The highest BCUT2D eigenvalue weighted by Crippen LogP contribution is 2.62. The van der Waals surface area contributed by atoms with E-state index < -0.39 is 23.8 Å². The largest absolute Gasteiger partial charge is 0.459 e. The minimum Gasteiger partial charge on any atom is -0.459 e. The molecule has 6 unspecified atom stereocenters. The van der Waals surface area contributed by atoms with Crippen LogP contribution in [0.2, 0.25) is 0 Å². The molecular formula is C51H60N2O8. The summed E-state index contributed by atoms with van der Waals surface area (Å²) < 4.78 is 26.8. The average molecular weight is 829 g/mol. The van der Waals surface area contributed by atoms with Crippen molar-refractivity contribution in [3.05, 3.63) is 149 Å². The van der Waals surface area contributed by atoms with E-state index in [9.17, 15) is 15.0 Å². The third-order valence-corrected chi connectivity index (χ3v) is 12.6. The van der Waals surface area contributed by atoms with Gasteiger partial charge in [-0.2, -0.15) is 0 Å². The molecule has 10 nitrogen and oxygen atoms in total. The molecule has 0 aromatic heterocycles. The molecule has 7 rings (SSSR count). The Hall–Kier alpha value is -5.42. The van der Waals surface area contributed by atoms with Crippen LogP contribution in [0.5, 0.6) is 17.2 Å². The van der Waals surface area contributed by atoms with Crippen molar-refractivity contribution in [1.82, 2.24) is 4.90 Å². The van der Waals surface area contributed by atoms with Crippen molar-refractivity contribution in [3.63, 3.8) is 0 Å². The fourth-order valence-corrected chi connectivity index (χ4v) is 9.41. The highest BCUT2D eigenvalue weighted by atomic mass is 16.7. The first-order chi connectivity index (χ1) is 29.8. The van der Waals surface area contributed by atoms with Crippen molar-refractivity contribution in [2.75, 3.05) is 26.9 Å². The van der Waals surface area contributed by atoms with E-state index >= 15 is 0 Å². The van der Waals surface area contributed by atoms with Crippen LogP contribution in [0.4, 0.5) is 4.79 Å². The number of hydrogen-bond acceptors (Lipinski definition) is 9. The second-order valence-electron chi connectivity index (χ2n) is 16.5. The normalized spacial score (nSPS) is 23.2. The van der Waals surface area contributed by atoms with Gasteiger partial charge in [-0.1, -0.05) is 96.9 Å². The minimum atomic E-state index is -1.39. The molecule has 4 aromatic carbocycles. The summed E-state index contributed by atoms with van der Waals surface area (Å²) in [5, 5.41) is 24.8. The van der Waals surface area contributed by atoms with Crippen molar-refractivity contribution in [2.24, 2.45) is 22.9 Å². The maximum Gasteiger partial charge on any atom is 0.410 e. The summed E-state index contributed by atoms with van der Waals surface area (Å²) in [6.45, 7) is 8.94. The molecule has 2 N–H and O–H groups in total. The first-order valence-corrected chi connectivity index (χ1v) is 21.7. The lowest BCUT2D eigenvalue weighted by Crippen LogP contribution is -2.69. The molecule has 61 heavy (non-hydrogen) atoms. The van der Waals surface area contributed by atoms with E-state index in [4.69, 9.17) is 28.9 Å². The molecule has 0 saturated heterocycles. The Labute approximate surface area is 360 Å². The van der Waals surface area contributed by atoms with Gasteiger partial charge in [-0.25, -0.2) is 4.79 Å². The van der Waals surface area contributed by atoms with E-state index in [1.165, 1.54) is 5.56 Å². The number of fused-ring (bicyclic) bond motifs is 2. The van der Waals surface area contributed by atoms with Crippen LogP contribution in [0, 0.1) is 31.6 Å². The molecule has 1 heterocycles. The number of amides is 1. The Balaban J connectivity index is 1.38. The van der Waals surface area contributed by atoms with Crippen molar-refractivity contribution < 1.29 is 38.8 Å². The Morgan fingerprint density at radius 2 is 1.54 bits per heavy atom. The summed E-state index contributed by atoms with van der Waals surface area (Å²) in [5.41, 5.74) is 6.84. The summed E-state index contributed by atoms with van der Waals surface area (Å²) in [5.74, 6) is 0.214. The number of oxime groups is 1. The zero-order valence-electron chi connectivity index (χ0n) is 35.7. The second-order valence-corrected chi connectivity index (χ2v) is 16.5. The molecule has 0 spiro atoms. The Bertz CT molecular complexity index is 2160. The number of aryl methyl sites for hydroxylation is 2. The van der Waals surface area contributed by atoms with Gasteiger partial charge in [0.1, 0.15) is 36.5 Å². The summed E-state index contributed by atoms with van der Waals surface area (Å²) in [4.78, 5) is 22.0. The number of rotatable bonds is 19. The summed E-state index contributed by atoms with van der Waals surface area (Å²) in [6.07, 6.45) is 8.48. The van der Waals surface area contributed by atoms with E-state index in [0.717, 1.165) is 59.3 Å². The van der Waals surface area contributed by atoms with Crippen LogP contribution >= 0.6 is 0 Å². The van der Waals surface area contributed by atoms with Crippen LogP contribution in [0.15, 0.2) is 127 Å². The Kier molecular flexibility index (Phi) is 14.6. The Morgan fingerprint density at radius 1 is 0.869 bits per heavy atom. The van der Waals surface area contributed by atoms with Gasteiger partial charge < -0.3 is 38.9 Å². The number of ether oxygens (including phenoxy) is 4. The number of carbonyl (C=O) groups is 1. The van der Waals surface area contributed by atoms with Gasteiger partial charge in [0, 0.05) is 38.2 Å². The molecule has 0 radical (unpaired) electrons. The number of hydrogen-bond donors (Lipinski definition) is 2. The van der Waals surface area contributed by atoms with Crippen LogP contribution in [-0.4, -0.2) is 65.6 Å². The number of carbonyl (C=O) groups excluding carboxylic acids is 1. The van der Waals surface area contributed by atoms with Crippen molar-refractivity contribution >= 4 is 11.8 Å².